The van der Waals surface area contributed by atoms with Crippen LogP contribution in [0.15, 0.2) is 18.2 Å². The summed E-state index contributed by atoms with van der Waals surface area (Å²) in [5.41, 5.74) is 6.82. The molecule has 1 aromatic rings. The monoisotopic (exact) mass is 270 g/mol. The highest BCUT2D eigenvalue weighted by molar-refractivity contribution is 7.98. The lowest BCUT2D eigenvalue weighted by molar-refractivity contribution is -0.117. The molecule has 1 amide bonds. The molecule has 0 aromatic heterocycles. The Hall–Kier alpha value is -1.07. The predicted molar refractivity (Wildman–Crippen MR) is 75.4 cm³/mol. The number of hydrogen-bond donors (Lipinski definition) is 2. The SMILES string of the molecule is CCc1ccc(NC(=O)C(N)CCSC)cc1F. The van der Waals surface area contributed by atoms with Gasteiger partial charge < -0.3 is 11.1 Å². The number of carbonyl (C=O) groups is 1. The Morgan fingerprint density at radius 2 is 2.28 bits per heavy atom. The molecule has 0 bridgehead atoms. The number of nitrogens with one attached hydrogen (secondary N) is 1. The predicted octanol–water partition coefficient (Wildman–Crippen LogP) is 2.41. The smallest absolute Gasteiger partial charge is 0.241 e. The maximum atomic E-state index is 13.5. The van der Waals surface area contributed by atoms with Crippen molar-refractivity contribution < 1.29 is 9.18 Å². The van der Waals surface area contributed by atoms with Gasteiger partial charge in [-0.25, -0.2) is 4.39 Å². The average Bonchev–Trinajstić information content (AvgIpc) is 2.36. The molecule has 1 atom stereocenters. The topological polar surface area (TPSA) is 55.1 Å². The highest BCUT2D eigenvalue weighted by Gasteiger charge is 2.13. The Balaban J connectivity index is 2.61. The molecule has 3 nitrogen and oxygen atoms in total. The number of thioether (sulfide) groups is 1. The second kappa shape index (κ2) is 7.38. The van der Waals surface area contributed by atoms with E-state index < -0.39 is 6.04 Å². The maximum absolute atomic E-state index is 13.5. The van der Waals surface area contributed by atoms with Gasteiger partial charge in [-0.05, 0) is 42.5 Å². The third-order valence-electron chi connectivity index (χ3n) is 2.67. The fourth-order valence-electron chi connectivity index (χ4n) is 1.52. The Morgan fingerprint density at radius 1 is 1.56 bits per heavy atom. The van der Waals surface area contributed by atoms with Crippen molar-refractivity contribution >= 4 is 23.4 Å². The lowest BCUT2D eigenvalue weighted by Crippen LogP contribution is -2.36. The van der Waals surface area contributed by atoms with Gasteiger partial charge in [-0.1, -0.05) is 13.0 Å². The lowest BCUT2D eigenvalue weighted by Gasteiger charge is -2.12. The quantitative estimate of drug-likeness (QED) is 0.834. The van der Waals surface area contributed by atoms with Crippen molar-refractivity contribution in [2.75, 3.05) is 17.3 Å². The highest BCUT2D eigenvalue weighted by Crippen LogP contribution is 2.15. The van der Waals surface area contributed by atoms with Crippen molar-refractivity contribution in [3.8, 4) is 0 Å². The number of hydrogen-bond acceptors (Lipinski definition) is 3. The second-order valence-electron chi connectivity index (χ2n) is 4.04. The minimum absolute atomic E-state index is 0.271. The van der Waals surface area contributed by atoms with Gasteiger partial charge in [-0.2, -0.15) is 11.8 Å². The van der Waals surface area contributed by atoms with Crippen molar-refractivity contribution in [3.05, 3.63) is 29.6 Å². The van der Waals surface area contributed by atoms with Gasteiger partial charge >= 0.3 is 0 Å². The zero-order chi connectivity index (χ0) is 13.5. The number of nitrogens with two attached hydrogens (primary N) is 1. The summed E-state index contributed by atoms with van der Waals surface area (Å²) in [6.07, 6.45) is 3.21. The zero-order valence-electron chi connectivity index (χ0n) is 10.7. The van der Waals surface area contributed by atoms with Crippen LogP contribution in [0, 0.1) is 5.82 Å². The van der Waals surface area contributed by atoms with E-state index in [2.05, 4.69) is 5.32 Å². The van der Waals surface area contributed by atoms with Crippen LogP contribution in [0.5, 0.6) is 0 Å². The molecular weight excluding hydrogens is 251 g/mol. The number of amides is 1. The van der Waals surface area contributed by atoms with E-state index in [1.165, 1.54) is 6.07 Å². The summed E-state index contributed by atoms with van der Waals surface area (Å²) >= 11 is 1.64. The molecule has 0 fully saturated rings. The Kier molecular flexibility index (Phi) is 6.15. The van der Waals surface area contributed by atoms with Crippen LogP contribution in [0.3, 0.4) is 0 Å². The van der Waals surface area contributed by atoms with Gasteiger partial charge in [0.15, 0.2) is 0 Å². The van der Waals surface area contributed by atoms with E-state index in [4.69, 9.17) is 5.73 Å². The van der Waals surface area contributed by atoms with Crippen LogP contribution in [-0.4, -0.2) is 24.0 Å². The summed E-state index contributed by atoms with van der Waals surface area (Å²) in [7, 11) is 0. The molecule has 1 unspecified atom stereocenters. The fourth-order valence-corrected chi connectivity index (χ4v) is 2.01. The molecule has 18 heavy (non-hydrogen) atoms. The van der Waals surface area contributed by atoms with E-state index >= 15 is 0 Å². The van der Waals surface area contributed by atoms with E-state index in [9.17, 15) is 9.18 Å². The van der Waals surface area contributed by atoms with E-state index in [-0.39, 0.29) is 11.7 Å². The van der Waals surface area contributed by atoms with Crippen LogP contribution < -0.4 is 11.1 Å². The molecule has 0 heterocycles. The highest BCUT2D eigenvalue weighted by atomic mass is 32.2. The van der Waals surface area contributed by atoms with Crippen LogP contribution >= 0.6 is 11.8 Å². The Labute approximate surface area is 111 Å². The molecular formula is C13H19FN2OS. The first kappa shape index (κ1) is 15.0. The van der Waals surface area contributed by atoms with Gasteiger partial charge in [0.2, 0.25) is 5.91 Å². The molecule has 0 radical (unpaired) electrons. The molecule has 100 valence electrons. The third kappa shape index (κ3) is 4.31. The minimum atomic E-state index is -0.550. The number of benzene rings is 1. The second-order valence-corrected chi connectivity index (χ2v) is 5.02. The fraction of sp³-hybridized carbons (Fsp3) is 0.462. The Morgan fingerprint density at radius 3 is 2.83 bits per heavy atom. The molecule has 0 saturated carbocycles. The molecule has 0 aliphatic heterocycles. The van der Waals surface area contributed by atoms with Crippen molar-refractivity contribution in [1.29, 1.82) is 0 Å². The Bertz CT molecular complexity index is 412. The first-order valence-electron chi connectivity index (χ1n) is 5.92. The number of rotatable bonds is 6. The minimum Gasteiger partial charge on any atom is -0.325 e. The number of carbonyl (C=O) groups excluding carboxylic acids is 1. The third-order valence-corrected chi connectivity index (χ3v) is 3.32. The summed E-state index contributed by atoms with van der Waals surface area (Å²) in [4.78, 5) is 11.7. The standard InChI is InChI=1S/C13H19FN2OS/c1-3-9-4-5-10(8-11(9)14)16-13(17)12(15)6-7-18-2/h4-5,8,12H,3,6-7,15H2,1-2H3,(H,16,17). The van der Waals surface area contributed by atoms with Crippen LogP contribution in [0.4, 0.5) is 10.1 Å². The van der Waals surface area contributed by atoms with Crippen molar-refractivity contribution in [2.24, 2.45) is 5.73 Å². The summed E-state index contributed by atoms with van der Waals surface area (Å²) in [6, 6.07) is 4.16. The van der Waals surface area contributed by atoms with Gasteiger partial charge in [-0.15, -0.1) is 0 Å². The van der Waals surface area contributed by atoms with Crippen LogP contribution in [0.2, 0.25) is 0 Å². The van der Waals surface area contributed by atoms with Gasteiger partial charge in [0.25, 0.3) is 0 Å². The van der Waals surface area contributed by atoms with Crippen LogP contribution in [0.1, 0.15) is 18.9 Å². The van der Waals surface area contributed by atoms with Gasteiger partial charge in [0, 0.05) is 5.69 Å². The van der Waals surface area contributed by atoms with Gasteiger partial charge in [0.1, 0.15) is 5.82 Å². The van der Waals surface area contributed by atoms with E-state index in [0.717, 1.165) is 5.75 Å². The van der Waals surface area contributed by atoms with Crippen molar-refractivity contribution in [1.82, 2.24) is 0 Å². The normalized spacial score (nSPS) is 12.2. The zero-order valence-corrected chi connectivity index (χ0v) is 11.5. The molecule has 0 aliphatic rings. The van der Waals surface area contributed by atoms with Gasteiger partial charge in [0.05, 0.1) is 6.04 Å². The summed E-state index contributed by atoms with van der Waals surface area (Å²) in [6.45, 7) is 1.88. The molecule has 0 aliphatic carbocycles. The lowest BCUT2D eigenvalue weighted by atomic mass is 10.1. The molecule has 1 aromatic carbocycles. The first-order chi connectivity index (χ1) is 8.58. The van der Waals surface area contributed by atoms with E-state index in [1.807, 2.05) is 13.2 Å². The van der Waals surface area contributed by atoms with Crippen LogP contribution in [-0.2, 0) is 11.2 Å². The summed E-state index contributed by atoms with van der Waals surface area (Å²) in [5.74, 6) is 0.262. The van der Waals surface area contributed by atoms with E-state index in [0.29, 0.717) is 24.1 Å². The molecule has 0 saturated heterocycles. The summed E-state index contributed by atoms with van der Waals surface area (Å²) in [5, 5.41) is 2.63. The molecule has 0 spiro atoms. The molecule has 3 N–H and O–H groups in total. The summed E-state index contributed by atoms with van der Waals surface area (Å²) < 4.78 is 13.5. The largest absolute Gasteiger partial charge is 0.325 e. The van der Waals surface area contributed by atoms with Gasteiger partial charge in [-0.3, -0.25) is 4.79 Å². The first-order valence-corrected chi connectivity index (χ1v) is 7.31. The number of anilines is 1. The number of aryl methyl sites for hydroxylation is 1. The van der Waals surface area contributed by atoms with Crippen LogP contribution in [0.25, 0.3) is 0 Å². The maximum Gasteiger partial charge on any atom is 0.241 e. The van der Waals surface area contributed by atoms with Crippen molar-refractivity contribution in [2.45, 2.75) is 25.8 Å². The average molecular weight is 270 g/mol. The molecule has 5 heteroatoms. The number of halogens is 1. The van der Waals surface area contributed by atoms with Crippen molar-refractivity contribution in [3.63, 3.8) is 0 Å². The van der Waals surface area contributed by atoms with E-state index in [1.54, 1.807) is 23.9 Å². The molecule has 1 rings (SSSR count).